The number of thiazole rings is 1. The Bertz CT molecular complexity index is 1750. The molecule has 3 heterocycles. The molecule has 0 saturated carbocycles. The van der Waals surface area contributed by atoms with Crippen LogP contribution in [-0.4, -0.2) is 28.2 Å². The molecule has 0 fully saturated rings. The molecule has 1 atom stereocenters. The molecule has 0 spiro atoms. The van der Waals surface area contributed by atoms with E-state index in [0.717, 1.165) is 11.1 Å². The van der Waals surface area contributed by atoms with Gasteiger partial charge in [-0.15, -0.1) is 0 Å². The summed E-state index contributed by atoms with van der Waals surface area (Å²) in [6.07, 6.45) is 1.65. The molecule has 8 nitrogen and oxygen atoms in total. The number of allylic oxidation sites excluding steroid dienone is 1. The van der Waals surface area contributed by atoms with Gasteiger partial charge in [-0.25, -0.2) is 14.6 Å². The number of carbonyl (C=O) groups is 2. The molecule has 9 heteroatoms. The number of hydrogen-bond donors (Lipinski definition) is 1. The molecule has 0 aliphatic carbocycles. The predicted octanol–water partition coefficient (Wildman–Crippen LogP) is 4.06. The number of ether oxygens (including phenoxy) is 1. The van der Waals surface area contributed by atoms with Gasteiger partial charge >= 0.3 is 11.9 Å². The zero-order valence-corrected chi connectivity index (χ0v) is 21.7. The van der Waals surface area contributed by atoms with Crippen LogP contribution in [0.1, 0.15) is 47.1 Å². The number of aryl methyl sites for hydroxylation is 1. The number of furan rings is 1. The van der Waals surface area contributed by atoms with Crippen LogP contribution in [0.15, 0.2) is 86.1 Å². The average Bonchev–Trinajstić information content (AvgIpc) is 3.48. The van der Waals surface area contributed by atoms with Crippen molar-refractivity contribution in [3.63, 3.8) is 0 Å². The number of carbonyl (C=O) groups excluding carboxylic acids is 1. The van der Waals surface area contributed by atoms with Crippen molar-refractivity contribution >= 4 is 29.4 Å². The smallest absolute Gasteiger partial charge is 0.338 e. The van der Waals surface area contributed by atoms with E-state index in [1.165, 1.54) is 28.0 Å². The van der Waals surface area contributed by atoms with Crippen molar-refractivity contribution in [2.75, 3.05) is 6.61 Å². The maximum absolute atomic E-state index is 13.7. The number of nitrogens with zero attached hydrogens (tertiary/aromatic N) is 2. The first-order chi connectivity index (χ1) is 18.3. The monoisotopic (exact) mass is 528 g/mol. The fourth-order valence-electron chi connectivity index (χ4n) is 4.35. The van der Waals surface area contributed by atoms with E-state index >= 15 is 0 Å². The van der Waals surface area contributed by atoms with Gasteiger partial charge in [0.2, 0.25) is 0 Å². The molecule has 0 amide bonds. The van der Waals surface area contributed by atoms with Crippen molar-refractivity contribution in [1.29, 1.82) is 0 Å². The van der Waals surface area contributed by atoms with Crippen LogP contribution in [0.4, 0.5) is 0 Å². The number of carboxylic acid groups (broad SMARTS) is 1. The molecule has 38 heavy (non-hydrogen) atoms. The Morgan fingerprint density at radius 2 is 1.79 bits per heavy atom. The number of esters is 1. The number of rotatable bonds is 6. The van der Waals surface area contributed by atoms with E-state index in [1.807, 2.05) is 31.2 Å². The number of aromatic carboxylic acids is 1. The molecule has 2 aromatic heterocycles. The van der Waals surface area contributed by atoms with Crippen LogP contribution in [0.2, 0.25) is 0 Å². The molecule has 0 bridgehead atoms. The summed E-state index contributed by atoms with van der Waals surface area (Å²) in [5, 5.41) is 9.11. The van der Waals surface area contributed by atoms with Crippen LogP contribution >= 0.6 is 11.3 Å². The largest absolute Gasteiger partial charge is 0.478 e. The summed E-state index contributed by atoms with van der Waals surface area (Å²) in [4.78, 5) is 42.8. The number of hydrogen-bond acceptors (Lipinski definition) is 7. The lowest BCUT2D eigenvalue weighted by atomic mass is 9.95. The minimum absolute atomic E-state index is 0.183. The highest BCUT2D eigenvalue weighted by molar-refractivity contribution is 7.07. The van der Waals surface area contributed by atoms with Gasteiger partial charge in [0.1, 0.15) is 11.5 Å². The van der Waals surface area contributed by atoms with Crippen molar-refractivity contribution in [3.05, 3.63) is 114 Å². The molecular formula is C29H24N2O6S. The molecule has 2 aromatic carbocycles. The van der Waals surface area contributed by atoms with Gasteiger partial charge in [0.05, 0.1) is 34.0 Å². The lowest BCUT2D eigenvalue weighted by Gasteiger charge is -2.24. The van der Waals surface area contributed by atoms with Crippen molar-refractivity contribution in [3.8, 4) is 11.3 Å². The van der Waals surface area contributed by atoms with Gasteiger partial charge in [-0.1, -0.05) is 53.3 Å². The van der Waals surface area contributed by atoms with Gasteiger partial charge in [-0.2, -0.15) is 0 Å². The SMILES string of the molecule is CCOC(=O)C1=C(C)N=c2s/c(=C\c3ccc(-c4ccc(C(=O)O)cc4)o3)c(=O)n2[C@H]1c1ccc(C)cc1. The summed E-state index contributed by atoms with van der Waals surface area (Å²) >= 11 is 1.22. The van der Waals surface area contributed by atoms with Crippen molar-refractivity contribution < 1.29 is 23.8 Å². The average molecular weight is 529 g/mol. The highest BCUT2D eigenvalue weighted by Gasteiger charge is 2.33. The standard InChI is InChI=1S/C29H24N2O6S/c1-4-36-28(35)24-17(3)30-29-31(25(24)19-7-5-16(2)6-8-19)26(32)23(38-29)15-21-13-14-22(37-21)18-9-11-20(12-10-18)27(33)34/h5-15,25H,4H2,1-3H3,(H,33,34)/b23-15-/t25-/m0/s1. The van der Waals surface area contributed by atoms with Gasteiger partial charge in [0.15, 0.2) is 4.80 Å². The van der Waals surface area contributed by atoms with Crippen LogP contribution in [0.3, 0.4) is 0 Å². The minimum Gasteiger partial charge on any atom is -0.478 e. The normalized spacial score (nSPS) is 15.2. The van der Waals surface area contributed by atoms with Crippen molar-refractivity contribution in [1.82, 2.24) is 4.57 Å². The molecule has 5 rings (SSSR count). The Morgan fingerprint density at radius 3 is 2.45 bits per heavy atom. The van der Waals surface area contributed by atoms with Crippen molar-refractivity contribution in [2.24, 2.45) is 4.99 Å². The highest BCUT2D eigenvalue weighted by atomic mass is 32.1. The molecule has 0 unspecified atom stereocenters. The lowest BCUT2D eigenvalue weighted by Crippen LogP contribution is -2.39. The molecule has 0 radical (unpaired) electrons. The van der Waals surface area contributed by atoms with Gasteiger partial charge in [0, 0.05) is 11.6 Å². The van der Waals surface area contributed by atoms with E-state index in [0.29, 0.717) is 37.7 Å². The molecule has 4 aromatic rings. The molecule has 0 saturated heterocycles. The summed E-state index contributed by atoms with van der Waals surface area (Å²) in [7, 11) is 0. The van der Waals surface area contributed by atoms with E-state index in [1.54, 1.807) is 44.2 Å². The molecule has 1 N–H and O–H groups in total. The van der Waals surface area contributed by atoms with Gasteiger partial charge in [-0.05, 0) is 50.6 Å². The zero-order chi connectivity index (χ0) is 27.0. The fraction of sp³-hybridized carbons (Fsp3) is 0.172. The van der Waals surface area contributed by atoms with Crippen LogP contribution in [-0.2, 0) is 9.53 Å². The van der Waals surface area contributed by atoms with Crippen LogP contribution < -0.4 is 14.9 Å². The summed E-state index contributed by atoms with van der Waals surface area (Å²) in [6, 6.07) is 16.9. The van der Waals surface area contributed by atoms with E-state index in [-0.39, 0.29) is 17.7 Å². The Balaban J connectivity index is 1.59. The third kappa shape index (κ3) is 4.64. The summed E-state index contributed by atoms with van der Waals surface area (Å²) < 4.78 is 13.2. The zero-order valence-electron chi connectivity index (χ0n) is 20.9. The van der Waals surface area contributed by atoms with E-state index < -0.39 is 18.0 Å². The van der Waals surface area contributed by atoms with Crippen LogP contribution in [0.25, 0.3) is 17.4 Å². The van der Waals surface area contributed by atoms with Crippen LogP contribution in [0, 0.1) is 6.92 Å². The maximum atomic E-state index is 13.7. The Morgan fingerprint density at radius 1 is 1.08 bits per heavy atom. The molecule has 1 aliphatic rings. The number of carboxylic acids is 1. The summed E-state index contributed by atoms with van der Waals surface area (Å²) in [5.74, 6) is -0.504. The molecular weight excluding hydrogens is 504 g/mol. The van der Waals surface area contributed by atoms with E-state index in [2.05, 4.69) is 4.99 Å². The first-order valence-electron chi connectivity index (χ1n) is 12.0. The first-order valence-corrected chi connectivity index (χ1v) is 12.8. The predicted molar refractivity (Wildman–Crippen MR) is 143 cm³/mol. The summed E-state index contributed by atoms with van der Waals surface area (Å²) in [5.41, 5.74) is 3.29. The quantitative estimate of drug-likeness (QED) is 0.378. The molecule has 1 aliphatic heterocycles. The van der Waals surface area contributed by atoms with Gasteiger partial charge < -0.3 is 14.3 Å². The van der Waals surface area contributed by atoms with E-state index in [9.17, 15) is 14.4 Å². The lowest BCUT2D eigenvalue weighted by molar-refractivity contribution is -0.139. The second-order valence-corrected chi connectivity index (χ2v) is 9.81. The highest BCUT2D eigenvalue weighted by Crippen LogP contribution is 2.31. The minimum atomic E-state index is -1.00. The molecule has 192 valence electrons. The summed E-state index contributed by atoms with van der Waals surface area (Å²) in [6.45, 7) is 5.67. The topological polar surface area (TPSA) is 111 Å². The van der Waals surface area contributed by atoms with Gasteiger partial charge in [-0.3, -0.25) is 9.36 Å². The Hall–Kier alpha value is -4.50. The Labute approximate surface area is 221 Å². The second-order valence-electron chi connectivity index (χ2n) is 8.80. The third-order valence-corrected chi connectivity index (χ3v) is 7.21. The first kappa shape index (κ1) is 25.2. The maximum Gasteiger partial charge on any atom is 0.338 e. The number of benzene rings is 2. The van der Waals surface area contributed by atoms with Gasteiger partial charge in [0.25, 0.3) is 5.56 Å². The Kier molecular flexibility index (Phi) is 6.69. The fourth-order valence-corrected chi connectivity index (χ4v) is 5.37. The van der Waals surface area contributed by atoms with Crippen molar-refractivity contribution in [2.45, 2.75) is 26.8 Å². The third-order valence-electron chi connectivity index (χ3n) is 6.23. The second kappa shape index (κ2) is 10.1. The van der Waals surface area contributed by atoms with Crippen LogP contribution in [0.5, 0.6) is 0 Å². The number of aromatic nitrogens is 1. The number of fused-ring (bicyclic) bond motifs is 1. The van der Waals surface area contributed by atoms with E-state index in [4.69, 9.17) is 14.3 Å².